The van der Waals surface area contributed by atoms with Crippen molar-refractivity contribution in [2.24, 2.45) is 0 Å². The van der Waals surface area contributed by atoms with Crippen molar-refractivity contribution in [2.75, 3.05) is 5.75 Å². The topological polar surface area (TPSA) is 84.5 Å². The van der Waals surface area contributed by atoms with Crippen LogP contribution >= 0.6 is 11.8 Å². The monoisotopic (exact) mass is 442 g/mol. The largest absolute Gasteiger partial charge is 0.353 e. The number of carbonyl (C=O) groups is 2. The smallest absolute Gasteiger partial charge is 0.243 e. The van der Waals surface area contributed by atoms with Crippen molar-refractivity contribution in [2.45, 2.75) is 76.8 Å². The Morgan fingerprint density at radius 3 is 2.48 bits per heavy atom. The molecule has 2 amide bonds. The van der Waals surface area contributed by atoms with Gasteiger partial charge in [0, 0.05) is 18.1 Å². The molecule has 0 aliphatic carbocycles. The Kier molecular flexibility index (Phi) is 6.22. The van der Waals surface area contributed by atoms with Crippen LogP contribution in [0, 0.1) is 0 Å². The fraction of sp³-hybridized carbons (Fsp3) is 0.545. The molecule has 1 saturated heterocycles. The van der Waals surface area contributed by atoms with Crippen molar-refractivity contribution in [1.82, 2.24) is 29.4 Å². The molecule has 0 unspecified atom stereocenters. The predicted octanol–water partition coefficient (Wildman–Crippen LogP) is 3.09. The molecule has 3 aromatic rings. The number of amides is 2. The van der Waals surface area contributed by atoms with Gasteiger partial charge in [0.15, 0.2) is 5.16 Å². The van der Waals surface area contributed by atoms with Crippen LogP contribution in [0.25, 0.3) is 16.8 Å². The van der Waals surface area contributed by atoms with Crippen molar-refractivity contribution in [3.63, 3.8) is 0 Å². The number of benzene rings is 1. The van der Waals surface area contributed by atoms with Gasteiger partial charge in [0.25, 0.3) is 0 Å². The molecule has 0 radical (unpaired) electrons. The average molecular weight is 443 g/mol. The number of fused-ring (bicyclic) bond motifs is 3. The number of aromatic nitrogens is 4. The second kappa shape index (κ2) is 8.90. The molecule has 1 aliphatic heterocycles. The summed E-state index contributed by atoms with van der Waals surface area (Å²) in [5, 5.41) is 12.2. The number of thioether (sulfide) groups is 1. The van der Waals surface area contributed by atoms with Gasteiger partial charge in [-0.25, -0.2) is 0 Å². The molecule has 1 fully saturated rings. The lowest BCUT2D eigenvalue weighted by Gasteiger charge is -2.39. The quantitative estimate of drug-likeness (QED) is 0.593. The van der Waals surface area contributed by atoms with Crippen LogP contribution in [0.1, 0.15) is 47.0 Å². The van der Waals surface area contributed by atoms with Gasteiger partial charge in [-0.05, 0) is 59.1 Å². The molecule has 1 aromatic carbocycles. The summed E-state index contributed by atoms with van der Waals surface area (Å²) < 4.78 is 3.88. The SMILES string of the molecule is CC(C)NC(=O)CSc1nnc2n(CC(=O)N3[C@H](C)CCC[C@@H]3C)c3ccccc3n12. The van der Waals surface area contributed by atoms with E-state index in [1.54, 1.807) is 0 Å². The highest BCUT2D eigenvalue weighted by molar-refractivity contribution is 7.99. The van der Waals surface area contributed by atoms with Crippen LogP contribution in [0.5, 0.6) is 0 Å². The number of para-hydroxylation sites is 2. The normalized spacial score (nSPS) is 19.5. The minimum absolute atomic E-state index is 0.0382. The number of imidazole rings is 1. The Labute approximate surface area is 186 Å². The Bertz CT molecular complexity index is 1090. The fourth-order valence-electron chi connectivity index (χ4n) is 4.51. The minimum Gasteiger partial charge on any atom is -0.353 e. The van der Waals surface area contributed by atoms with Gasteiger partial charge in [-0.15, -0.1) is 10.2 Å². The first kappa shape index (κ1) is 21.7. The zero-order chi connectivity index (χ0) is 22.1. The Balaban J connectivity index is 1.65. The summed E-state index contributed by atoms with van der Waals surface area (Å²) in [5.74, 6) is 0.957. The fourth-order valence-corrected chi connectivity index (χ4v) is 5.26. The molecule has 1 aliphatic rings. The summed E-state index contributed by atoms with van der Waals surface area (Å²) in [7, 11) is 0. The van der Waals surface area contributed by atoms with Crippen molar-refractivity contribution in [3.8, 4) is 0 Å². The van der Waals surface area contributed by atoms with E-state index >= 15 is 0 Å². The van der Waals surface area contributed by atoms with Gasteiger partial charge in [0.2, 0.25) is 17.6 Å². The van der Waals surface area contributed by atoms with E-state index in [0.717, 1.165) is 30.3 Å². The van der Waals surface area contributed by atoms with E-state index in [4.69, 9.17) is 0 Å². The molecule has 0 spiro atoms. The number of hydrogen-bond acceptors (Lipinski definition) is 5. The van der Waals surface area contributed by atoms with Crippen LogP contribution in [-0.4, -0.2) is 59.8 Å². The molecule has 0 bridgehead atoms. The molecule has 3 heterocycles. The van der Waals surface area contributed by atoms with Gasteiger partial charge >= 0.3 is 0 Å². The number of carbonyl (C=O) groups excluding carboxylic acids is 2. The number of likely N-dealkylation sites (tertiary alicyclic amines) is 1. The van der Waals surface area contributed by atoms with E-state index in [-0.39, 0.29) is 42.2 Å². The summed E-state index contributed by atoms with van der Waals surface area (Å²) >= 11 is 1.35. The average Bonchev–Trinajstić information content (AvgIpc) is 3.25. The maximum Gasteiger partial charge on any atom is 0.243 e. The van der Waals surface area contributed by atoms with E-state index in [1.165, 1.54) is 11.8 Å². The van der Waals surface area contributed by atoms with Gasteiger partial charge < -0.3 is 10.2 Å². The van der Waals surface area contributed by atoms with Gasteiger partial charge in [0.05, 0.1) is 16.8 Å². The third-order valence-corrected chi connectivity index (χ3v) is 6.76. The highest BCUT2D eigenvalue weighted by atomic mass is 32.2. The van der Waals surface area contributed by atoms with E-state index in [1.807, 2.05) is 52.0 Å². The Morgan fingerprint density at radius 1 is 1.13 bits per heavy atom. The highest BCUT2D eigenvalue weighted by Crippen LogP contribution is 2.27. The van der Waals surface area contributed by atoms with Crippen LogP contribution in [-0.2, 0) is 16.1 Å². The number of rotatable bonds is 6. The Hall–Kier alpha value is -2.55. The van der Waals surface area contributed by atoms with Gasteiger partial charge in [-0.2, -0.15) is 0 Å². The van der Waals surface area contributed by atoms with Crippen LogP contribution in [0.15, 0.2) is 29.4 Å². The summed E-state index contributed by atoms with van der Waals surface area (Å²) in [5.41, 5.74) is 1.87. The summed E-state index contributed by atoms with van der Waals surface area (Å²) in [6.45, 7) is 8.36. The van der Waals surface area contributed by atoms with Crippen molar-refractivity contribution >= 4 is 40.4 Å². The first-order chi connectivity index (χ1) is 14.9. The molecule has 8 nitrogen and oxygen atoms in total. The lowest BCUT2D eigenvalue weighted by Crippen LogP contribution is -2.48. The Morgan fingerprint density at radius 2 is 1.81 bits per heavy atom. The summed E-state index contributed by atoms with van der Waals surface area (Å²) in [6.07, 6.45) is 3.25. The number of nitrogens with zero attached hydrogens (tertiary/aromatic N) is 5. The molecule has 0 saturated carbocycles. The summed E-state index contributed by atoms with van der Waals surface area (Å²) in [6, 6.07) is 8.51. The van der Waals surface area contributed by atoms with Crippen LogP contribution in [0.4, 0.5) is 0 Å². The maximum absolute atomic E-state index is 13.3. The van der Waals surface area contributed by atoms with Crippen molar-refractivity contribution in [1.29, 1.82) is 0 Å². The number of piperidine rings is 1. The molecule has 2 aromatic heterocycles. The molecular weight excluding hydrogens is 412 g/mol. The predicted molar refractivity (Wildman–Crippen MR) is 122 cm³/mol. The van der Waals surface area contributed by atoms with E-state index in [0.29, 0.717) is 10.9 Å². The van der Waals surface area contributed by atoms with Crippen molar-refractivity contribution < 1.29 is 9.59 Å². The van der Waals surface area contributed by atoms with E-state index in [9.17, 15) is 9.59 Å². The molecule has 9 heteroatoms. The minimum atomic E-state index is -0.0382. The summed E-state index contributed by atoms with van der Waals surface area (Å²) in [4.78, 5) is 27.4. The molecule has 2 atom stereocenters. The van der Waals surface area contributed by atoms with Crippen LogP contribution in [0.2, 0.25) is 0 Å². The van der Waals surface area contributed by atoms with Crippen molar-refractivity contribution in [3.05, 3.63) is 24.3 Å². The standard InChI is InChI=1S/C22H30N6O2S/c1-14(2)23-19(29)13-31-22-25-24-21-26(17-10-5-6-11-18(17)28(21)22)12-20(30)27-15(3)8-7-9-16(27)4/h5-6,10-11,14-16H,7-9,12-13H2,1-4H3,(H,23,29)/t15-,16+. The molecule has 1 N–H and O–H groups in total. The molecule has 166 valence electrons. The highest BCUT2D eigenvalue weighted by Gasteiger charge is 2.30. The zero-order valence-electron chi connectivity index (χ0n) is 18.5. The lowest BCUT2D eigenvalue weighted by atomic mass is 9.97. The van der Waals surface area contributed by atoms with E-state index < -0.39 is 0 Å². The maximum atomic E-state index is 13.3. The number of nitrogens with one attached hydrogen (secondary N) is 1. The first-order valence-electron chi connectivity index (χ1n) is 10.9. The molecular formula is C22H30N6O2S. The van der Waals surface area contributed by atoms with E-state index in [2.05, 4.69) is 29.4 Å². The van der Waals surface area contributed by atoms with Crippen LogP contribution in [0.3, 0.4) is 0 Å². The second-order valence-electron chi connectivity index (χ2n) is 8.63. The lowest BCUT2D eigenvalue weighted by molar-refractivity contribution is -0.137. The van der Waals surface area contributed by atoms with Gasteiger partial charge in [-0.1, -0.05) is 23.9 Å². The van der Waals surface area contributed by atoms with Gasteiger partial charge in [0.1, 0.15) is 6.54 Å². The molecule has 31 heavy (non-hydrogen) atoms. The number of hydrogen-bond donors (Lipinski definition) is 1. The second-order valence-corrected chi connectivity index (χ2v) is 9.58. The third kappa shape index (κ3) is 4.28. The first-order valence-corrected chi connectivity index (χ1v) is 11.9. The van der Waals surface area contributed by atoms with Gasteiger partial charge in [-0.3, -0.25) is 18.6 Å². The molecule has 4 rings (SSSR count). The third-order valence-electron chi connectivity index (χ3n) is 5.83. The zero-order valence-corrected chi connectivity index (χ0v) is 19.4. The van der Waals surface area contributed by atoms with Crippen LogP contribution < -0.4 is 5.32 Å².